The highest BCUT2D eigenvalue weighted by molar-refractivity contribution is 5.87. The molecular weight excluding hydrogens is 154 g/mol. The van der Waals surface area contributed by atoms with Crippen LogP contribution in [0.4, 0.5) is 8.78 Å². The van der Waals surface area contributed by atoms with E-state index in [1.807, 2.05) is 0 Å². The van der Waals surface area contributed by atoms with Crippen LogP contribution >= 0.6 is 0 Å². The van der Waals surface area contributed by atoms with E-state index in [1.165, 1.54) is 6.92 Å². The zero-order valence-electron chi connectivity index (χ0n) is 6.49. The third-order valence-corrected chi connectivity index (χ3v) is 0.893. The molecule has 4 heteroatoms. The van der Waals surface area contributed by atoms with Gasteiger partial charge in [0.15, 0.2) is 6.67 Å². The molecule has 0 aliphatic rings. The van der Waals surface area contributed by atoms with E-state index in [9.17, 15) is 13.6 Å². The maximum absolute atomic E-state index is 12.6. The number of halogens is 2. The lowest BCUT2D eigenvalue weighted by Gasteiger charge is -2.16. The maximum atomic E-state index is 12.6. The lowest BCUT2D eigenvalue weighted by molar-refractivity contribution is -0.176. The second-order valence-electron chi connectivity index (χ2n) is 2.41. The van der Waals surface area contributed by atoms with Crippen LogP contribution in [-0.4, -0.2) is 18.5 Å². The standard InChI is InChI=1S/C7H10F2O2/c1-5(2)6(10)11-7(3,9)4-8/h1,4H2,2-3H3. The molecule has 0 aliphatic carbocycles. The lowest BCUT2D eigenvalue weighted by atomic mass is 10.3. The van der Waals surface area contributed by atoms with Crippen LogP contribution in [0.3, 0.4) is 0 Å². The van der Waals surface area contributed by atoms with Crippen LogP contribution in [0.2, 0.25) is 0 Å². The molecule has 0 radical (unpaired) electrons. The third kappa shape index (κ3) is 3.70. The summed E-state index contributed by atoms with van der Waals surface area (Å²) in [5, 5.41) is 0. The van der Waals surface area contributed by atoms with Crippen molar-refractivity contribution >= 4 is 5.97 Å². The molecule has 2 nitrogen and oxygen atoms in total. The first-order valence-electron chi connectivity index (χ1n) is 3.03. The topological polar surface area (TPSA) is 26.3 Å². The van der Waals surface area contributed by atoms with Gasteiger partial charge >= 0.3 is 5.97 Å². The van der Waals surface area contributed by atoms with Gasteiger partial charge in [-0.15, -0.1) is 0 Å². The maximum Gasteiger partial charge on any atom is 0.335 e. The Kier molecular flexibility index (Phi) is 3.17. The molecule has 0 rings (SSSR count). The van der Waals surface area contributed by atoms with Crippen molar-refractivity contribution in [3.63, 3.8) is 0 Å². The van der Waals surface area contributed by atoms with E-state index in [0.29, 0.717) is 0 Å². The van der Waals surface area contributed by atoms with Gasteiger partial charge in [0.2, 0.25) is 0 Å². The Morgan fingerprint density at radius 2 is 2.18 bits per heavy atom. The molecule has 0 fully saturated rings. The monoisotopic (exact) mass is 164 g/mol. The number of carbonyl (C=O) groups is 1. The highest BCUT2D eigenvalue weighted by Crippen LogP contribution is 2.14. The predicted octanol–water partition coefficient (Wildman–Crippen LogP) is 1.76. The summed E-state index contributed by atoms with van der Waals surface area (Å²) in [5.74, 6) is -3.46. The Morgan fingerprint density at radius 1 is 1.73 bits per heavy atom. The van der Waals surface area contributed by atoms with Crippen molar-refractivity contribution in [3.8, 4) is 0 Å². The van der Waals surface area contributed by atoms with E-state index in [0.717, 1.165) is 6.92 Å². The Balaban J connectivity index is 4.04. The molecule has 0 aliphatic heterocycles. The van der Waals surface area contributed by atoms with Crippen molar-refractivity contribution in [1.82, 2.24) is 0 Å². The van der Waals surface area contributed by atoms with Gasteiger partial charge in [0.25, 0.3) is 5.85 Å². The minimum absolute atomic E-state index is 0.0438. The fourth-order valence-corrected chi connectivity index (χ4v) is 0.308. The summed E-state index contributed by atoms with van der Waals surface area (Å²) in [6.45, 7) is 4.05. The minimum atomic E-state index is -2.53. The summed E-state index contributed by atoms with van der Waals surface area (Å²) in [6.07, 6.45) is 0. The van der Waals surface area contributed by atoms with Crippen molar-refractivity contribution in [2.75, 3.05) is 6.67 Å². The van der Waals surface area contributed by atoms with Crippen molar-refractivity contribution < 1.29 is 18.3 Å². The normalized spacial score (nSPS) is 15.3. The quantitative estimate of drug-likeness (QED) is 0.469. The number of ether oxygens (including phenoxy) is 1. The molecule has 0 bridgehead atoms. The molecule has 1 atom stereocenters. The van der Waals surface area contributed by atoms with Gasteiger partial charge in [-0.3, -0.25) is 0 Å². The zero-order chi connectivity index (χ0) is 9.07. The highest BCUT2D eigenvalue weighted by Gasteiger charge is 2.27. The van der Waals surface area contributed by atoms with E-state index in [2.05, 4.69) is 11.3 Å². The summed E-state index contributed by atoms with van der Waals surface area (Å²) in [4.78, 5) is 10.6. The smallest absolute Gasteiger partial charge is 0.335 e. The molecule has 0 aromatic rings. The van der Waals surface area contributed by atoms with Crippen LogP contribution in [0.5, 0.6) is 0 Å². The Bertz CT molecular complexity index is 175. The Morgan fingerprint density at radius 3 is 2.45 bits per heavy atom. The first-order chi connectivity index (χ1) is 4.89. The molecule has 0 heterocycles. The predicted molar refractivity (Wildman–Crippen MR) is 36.4 cm³/mol. The first-order valence-corrected chi connectivity index (χ1v) is 3.03. The number of hydrogen-bond donors (Lipinski definition) is 0. The summed E-state index contributed by atoms with van der Waals surface area (Å²) in [7, 11) is 0. The van der Waals surface area contributed by atoms with E-state index in [4.69, 9.17) is 0 Å². The van der Waals surface area contributed by atoms with Gasteiger partial charge in [0.05, 0.1) is 0 Å². The van der Waals surface area contributed by atoms with Crippen LogP contribution in [0, 0.1) is 0 Å². The molecule has 0 aromatic heterocycles. The van der Waals surface area contributed by atoms with E-state index in [1.54, 1.807) is 0 Å². The fourth-order valence-electron chi connectivity index (χ4n) is 0.308. The van der Waals surface area contributed by atoms with Gasteiger partial charge in [0.1, 0.15) is 0 Å². The second-order valence-corrected chi connectivity index (χ2v) is 2.41. The van der Waals surface area contributed by atoms with E-state index < -0.39 is 18.5 Å². The van der Waals surface area contributed by atoms with Gasteiger partial charge < -0.3 is 4.74 Å². The van der Waals surface area contributed by atoms with Crippen LogP contribution in [0.15, 0.2) is 12.2 Å². The van der Waals surface area contributed by atoms with Gasteiger partial charge in [-0.1, -0.05) is 6.58 Å². The number of hydrogen-bond acceptors (Lipinski definition) is 2. The van der Waals surface area contributed by atoms with Crippen LogP contribution < -0.4 is 0 Å². The molecule has 0 spiro atoms. The zero-order valence-corrected chi connectivity index (χ0v) is 6.49. The number of rotatable bonds is 3. The number of esters is 1. The van der Waals surface area contributed by atoms with Crippen LogP contribution in [0.1, 0.15) is 13.8 Å². The van der Waals surface area contributed by atoms with Crippen molar-refractivity contribution in [1.29, 1.82) is 0 Å². The molecule has 0 aromatic carbocycles. The lowest BCUT2D eigenvalue weighted by Crippen LogP contribution is -2.28. The average Bonchev–Trinajstić information content (AvgIpc) is 1.87. The molecule has 1 unspecified atom stereocenters. The molecular formula is C7H10F2O2. The van der Waals surface area contributed by atoms with E-state index >= 15 is 0 Å². The molecule has 0 N–H and O–H groups in total. The Labute approximate surface area is 63.8 Å². The largest absolute Gasteiger partial charge is 0.423 e. The molecule has 11 heavy (non-hydrogen) atoms. The first kappa shape index (κ1) is 10.1. The minimum Gasteiger partial charge on any atom is -0.423 e. The van der Waals surface area contributed by atoms with Gasteiger partial charge in [0, 0.05) is 12.5 Å². The summed E-state index contributed by atoms with van der Waals surface area (Å²) in [6, 6.07) is 0. The number of carbonyl (C=O) groups excluding carboxylic acids is 1. The van der Waals surface area contributed by atoms with Gasteiger partial charge in [-0.05, 0) is 6.92 Å². The average molecular weight is 164 g/mol. The summed E-state index contributed by atoms with van der Waals surface area (Å²) >= 11 is 0. The number of alkyl halides is 2. The van der Waals surface area contributed by atoms with Crippen LogP contribution in [-0.2, 0) is 9.53 Å². The molecule has 0 saturated carbocycles. The third-order valence-electron chi connectivity index (χ3n) is 0.893. The highest BCUT2D eigenvalue weighted by atomic mass is 19.2. The molecule has 0 amide bonds. The SMILES string of the molecule is C=C(C)C(=O)OC(C)(F)CF. The van der Waals surface area contributed by atoms with Gasteiger partial charge in [-0.2, -0.15) is 4.39 Å². The summed E-state index contributed by atoms with van der Waals surface area (Å²) in [5.41, 5.74) is 0.0438. The van der Waals surface area contributed by atoms with Crippen LogP contribution in [0.25, 0.3) is 0 Å². The van der Waals surface area contributed by atoms with E-state index in [-0.39, 0.29) is 5.57 Å². The van der Waals surface area contributed by atoms with Crippen molar-refractivity contribution in [2.45, 2.75) is 19.7 Å². The van der Waals surface area contributed by atoms with Gasteiger partial charge in [-0.25, -0.2) is 9.18 Å². The molecule has 64 valence electrons. The fraction of sp³-hybridized carbons (Fsp3) is 0.571. The van der Waals surface area contributed by atoms with Crippen molar-refractivity contribution in [2.24, 2.45) is 0 Å². The second kappa shape index (κ2) is 3.46. The Hall–Kier alpha value is -0.930. The molecule has 0 saturated heterocycles. The van der Waals surface area contributed by atoms with Crippen molar-refractivity contribution in [3.05, 3.63) is 12.2 Å². The summed E-state index contributed by atoms with van der Waals surface area (Å²) < 4.78 is 28.4.